The summed E-state index contributed by atoms with van der Waals surface area (Å²) in [6.45, 7) is 5.96. The molecular formula is C13H25N3O. The van der Waals surface area contributed by atoms with Crippen LogP contribution in [-0.4, -0.2) is 61.0 Å². The standard InChI is InChI=1S/C13H25N3O/c1-11-10-16(9-8-15(11)2)13(17)12-6-4-3-5-7-14-12/h11-12,14H,3-10H2,1-2H3. The summed E-state index contributed by atoms with van der Waals surface area (Å²) in [7, 11) is 2.14. The molecule has 0 spiro atoms. The molecule has 1 N–H and O–H groups in total. The number of piperazine rings is 1. The van der Waals surface area contributed by atoms with Crippen LogP contribution in [0.2, 0.25) is 0 Å². The van der Waals surface area contributed by atoms with Gasteiger partial charge < -0.3 is 15.1 Å². The maximum Gasteiger partial charge on any atom is 0.239 e. The lowest BCUT2D eigenvalue weighted by Gasteiger charge is -2.39. The van der Waals surface area contributed by atoms with E-state index in [4.69, 9.17) is 0 Å². The van der Waals surface area contributed by atoms with E-state index in [1.54, 1.807) is 0 Å². The molecule has 2 fully saturated rings. The van der Waals surface area contributed by atoms with E-state index in [0.29, 0.717) is 11.9 Å². The van der Waals surface area contributed by atoms with Gasteiger partial charge in [-0.15, -0.1) is 0 Å². The summed E-state index contributed by atoms with van der Waals surface area (Å²) in [6.07, 6.45) is 4.67. The topological polar surface area (TPSA) is 35.6 Å². The van der Waals surface area contributed by atoms with Crippen molar-refractivity contribution in [3.8, 4) is 0 Å². The Hall–Kier alpha value is -0.610. The van der Waals surface area contributed by atoms with Crippen LogP contribution in [0.25, 0.3) is 0 Å². The second kappa shape index (κ2) is 5.83. The molecule has 98 valence electrons. The van der Waals surface area contributed by atoms with Gasteiger partial charge in [0.25, 0.3) is 0 Å². The molecule has 2 atom stereocenters. The number of amides is 1. The molecule has 2 heterocycles. The average Bonchev–Trinajstić information content (AvgIpc) is 2.60. The Bertz CT molecular complexity index is 261. The van der Waals surface area contributed by atoms with Gasteiger partial charge in [0.15, 0.2) is 0 Å². The molecule has 2 unspecified atom stereocenters. The van der Waals surface area contributed by atoms with E-state index in [1.165, 1.54) is 19.3 Å². The van der Waals surface area contributed by atoms with Crippen molar-refractivity contribution in [1.82, 2.24) is 15.1 Å². The number of carbonyl (C=O) groups is 1. The number of nitrogens with one attached hydrogen (secondary N) is 1. The van der Waals surface area contributed by atoms with E-state index in [1.807, 2.05) is 4.90 Å². The predicted molar refractivity (Wildman–Crippen MR) is 68.9 cm³/mol. The van der Waals surface area contributed by atoms with Crippen molar-refractivity contribution in [3.05, 3.63) is 0 Å². The van der Waals surface area contributed by atoms with Gasteiger partial charge in [0.1, 0.15) is 0 Å². The molecule has 2 aliphatic heterocycles. The number of likely N-dealkylation sites (N-methyl/N-ethyl adjacent to an activating group) is 1. The van der Waals surface area contributed by atoms with E-state index in [9.17, 15) is 4.79 Å². The fraction of sp³-hybridized carbons (Fsp3) is 0.923. The molecule has 4 nitrogen and oxygen atoms in total. The van der Waals surface area contributed by atoms with Gasteiger partial charge in [0.05, 0.1) is 6.04 Å². The number of hydrogen-bond donors (Lipinski definition) is 1. The normalized spacial score (nSPS) is 32.2. The minimum absolute atomic E-state index is 0.0770. The molecule has 4 heteroatoms. The third-order valence-corrected chi connectivity index (χ3v) is 4.13. The maximum atomic E-state index is 12.4. The first-order valence-electron chi connectivity index (χ1n) is 6.91. The Morgan fingerprint density at radius 3 is 2.82 bits per heavy atom. The number of carbonyl (C=O) groups excluding carboxylic acids is 1. The van der Waals surface area contributed by atoms with Crippen molar-refractivity contribution in [2.75, 3.05) is 33.2 Å². The maximum absolute atomic E-state index is 12.4. The summed E-state index contributed by atoms with van der Waals surface area (Å²) in [5.41, 5.74) is 0. The molecule has 2 rings (SSSR count). The number of nitrogens with zero attached hydrogens (tertiary/aromatic N) is 2. The highest BCUT2D eigenvalue weighted by molar-refractivity contribution is 5.82. The van der Waals surface area contributed by atoms with Gasteiger partial charge in [-0.2, -0.15) is 0 Å². The molecule has 0 aliphatic carbocycles. The first kappa shape index (κ1) is 12.8. The second-order valence-electron chi connectivity index (χ2n) is 5.47. The lowest BCUT2D eigenvalue weighted by Crippen LogP contribution is -2.56. The smallest absolute Gasteiger partial charge is 0.239 e. The Morgan fingerprint density at radius 2 is 2.06 bits per heavy atom. The second-order valence-corrected chi connectivity index (χ2v) is 5.47. The first-order chi connectivity index (χ1) is 8.18. The van der Waals surface area contributed by atoms with Crippen molar-refractivity contribution in [2.24, 2.45) is 0 Å². The van der Waals surface area contributed by atoms with Crippen LogP contribution in [0.5, 0.6) is 0 Å². The zero-order valence-corrected chi connectivity index (χ0v) is 11.1. The SMILES string of the molecule is CC1CN(C(=O)C2CCCCCN2)CCN1C. The molecule has 2 saturated heterocycles. The lowest BCUT2D eigenvalue weighted by atomic mass is 10.1. The van der Waals surface area contributed by atoms with Crippen LogP contribution in [0.1, 0.15) is 32.6 Å². The van der Waals surface area contributed by atoms with E-state index in [2.05, 4.69) is 24.2 Å². The van der Waals surface area contributed by atoms with E-state index in [0.717, 1.165) is 32.6 Å². The summed E-state index contributed by atoms with van der Waals surface area (Å²) in [5, 5.41) is 3.40. The third-order valence-electron chi connectivity index (χ3n) is 4.13. The minimum atomic E-state index is 0.0770. The Morgan fingerprint density at radius 1 is 1.24 bits per heavy atom. The molecule has 0 aromatic carbocycles. The van der Waals surface area contributed by atoms with Crippen LogP contribution in [0.3, 0.4) is 0 Å². The monoisotopic (exact) mass is 239 g/mol. The molecule has 17 heavy (non-hydrogen) atoms. The summed E-state index contributed by atoms with van der Waals surface area (Å²) in [6, 6.07) is 0.562. The average molecular weight is 239 g/mol. The molecular weight excluding hydrogens is 214 g/mol. The summed E-state index contributed by atoms with van der Waals surface area (Å²) < 4.78 is 0. The van der Waals surface area contributed by atoms with Crippen LogP contribution in [0.4, 0.5) is 0 Å². The van der Waals surface area contributed by atoms with Crippen molar-refractivity contribution < 1.29 is 4.79 Å². The molecule has 0 saturated carbocycles. The Kier molecular flexibility index (Phi) is 4.40. The Labute approximate surface area is 104 Å². The van der Waals surface area contributed by atoms with Gasteiger partial charge in [-0.3, -0.25) is 4.79 Å². The molecule has 0 bridgehead atoms. The van der Waals surface area contributed by atoms with E-state index in [-0.39, 0.29) is 6.04 Å². The van der Waals surface area contributed by atoms with E-state index < -0.39 is 0 Å². The summed E-state index contributed by atoms with van der Waals surface area (Å²) in [4.78, 5) is 16.8. The number of rotatable bonds is 1. The predicted octanol–water partition coefficient (Wildman–Crippen LogP) is 0.681. The first-order valence-corrected chi connectivity index (χ1v) is 6.91. The quantitative estimate of drug-likeness (QED) is 0.731. The van der Waals surface area contributed by atoms with Crippen molar-refractivity contribution in [3.63, 3.8) is 0 Å². The molecule has 2 aliphatic rings. The van der Waals surface area contributed by atoms with Crippen LogP contribution < -0.4 is 5.32 Å². The number of hydrogen-bond acceptors (Lipinski definition) is 3. The van der Waals surface area contributed by atoms with Gasteiger partial charge in [0.2, 0.25) is 5.91 Å². The van der Waals surface area contributed by atoms with Crippen molar-refractivity contribution >= 4 is 5.91 Å². The highest BCUT2D eigenvalue weighted by Gasteiger charge is 2.29. The zero-order chi connectivity index (χ0) is 12.3. The zero-order valence-electron chi connectivity index (χ0n) is 11.1. The highest BCUT2D eigenvalue weighted by Crippen LogP contribution is 2.13. The molecule has 0 aromatic rings. The van der Waals surface area contributed by atoms with Gasteiger partial charge in [-0.25, -0.2) is 0 Å². The lowest BCUT2D eigenvalue weighted by molar-refractivity contribution is -0.136. The fourth-order valence-corrected chi connectivity index (χ4v) is 2.71. The van der Waals surface area contributed by atoms with Crippen LogP contribution in [-0.2, 0) is 4.79 Å². The fourth-order valence-electron chi connectivity index (χ4n) is 2.71. The Balaban J connectivity index is 1.90. The largest absolute Gasteiger partial charge is 0.339 e. The molecule has 0 aromatic heterocycles. The third kappa shape index (κ3) is 3.19. The summed E-state index contributed by atoms with van der Waals surface area (Å²) >= 11 is 0. The highest BCUT2D eigenvalue weighted by atomic mass is 16.2. The molecule has 0 radical (unpaired) electrons. The van der Waals surface area contributed by atoms with Crippen molar-refractivity contribution in [1.29, 1.82) is 0 Å². The van der Waals surface area contributed by atoms with Gasteiger partial charge in [-0.05, 0) is 33.4 Å². The van der Waals surface area contributed by atoms with Crippen LogP contribution >= 0.6 is 0 Å². The summed E-state index contributed by atoms with van der Waals surface area (Å²) in [5.74, 6) is 0.326. The van der Waals surface area contributed by atoms with Crippen molar-refractivity contribution in [2.45, 2.75) is 44.7 Å². The van der Waals surface area contributed by atoms with Gasteiger partial charge in [-0.1, -0.05) is 12.8 Å². The molecule has 1 amide bonds. The van der Waals surface area contributed by atoms with Gasteiger partial charge in [0, 0.05) is 25.7 Å². The van der Waals surface area contributed by atoms with Crippen LogP contribution in [0.15, 0.2) is 0 Å². The minimum Gasteiger partial charge on any atom is -0.339 e. The van der Waals surface area contributed by atoms with Crippen LogP contribution in [0, 0.1) is 0 Å². The van der Waals surface area contributed by atoms with Gasteiger partial charge >= 0.3 is 0 Å². The van der Waals surface area contributed by atoms with E-state index >= 15 is 0 Å².